The molecule has 2 aliphatic heterocycles. The van der Waals surface area contributed by atoms with E-state index in [-0.39, 0.29) is 23.6 Å². The lowest BCUT2D eigenvalue weighted by molar-refractivity contribution is -0.140. The molecule has 2 fully saturated rings. The van der Waals surface area contributed by atoms with Gasteiger partial charge >= 0.3 is 0 Å². The Morgan fingerprint density at radius 2 is 1.86 bits per heavy atom. The highest BCUT2D eigenvalue weighted by molar-refractivity contribution is 5.89. The molecular formula is C23H27FN2O2. The average Bonchev–Trinajstić information content (AvgIpc) is 3.19. The predicted molar refractivity (Wildman–Crippen MR) is 106 cm³/mol. The molecule has 2 atom stereocenters. The van der Waals surface area contributed by atoms with Crippen LogP contribution in [0.25, 0.3) is 0 Å². The van der Waals surface area contributed by atoms with Gasteiger partial charge in [-0.1, -0.05) is 42.5 Å². The Bertz CT molecular complexity index is 820. The topological polar surface area (TPSA) is 55.6 Å². The third-order valence-electron chi connectivity index (χ3n) is 6.39. The second kappa shape index (κ2) is 8.02. The lowest BCUT2D eigenvalue weighted by Crippen LogP contribution is -2.49. The molecule has 2 heterocycles. The summed E-state index contributed by atoms with van der Waals surface area (Å²) in [6, 6.07) is 16.8. The summed E-state index contributed by atoms with van der Waals surface area (Å²) in [5.74, 6) is 0.244. The summed E-state index contributed by atoms with van der Waals surface area (Å²) in [4.78, 5) is 15.7. The van der Waals surface area contributed by atoms with Gasteiger partial charge in [0, 0.05) is 32.2 Å². The Kier molecular flexibility index (Phi) is 5.47. The van der Waals surface area contributed by atoms with Crippen LogP contribution in [0, 0.1) is 11.7 Å². The molecule has 0 bridgehead atoms. The highest BCUT2D eigenvalue weighted by atomic mass is 19.1. The van der Waals surface area contributed by atoms with Crippen LogP contribution in [0.3, 0.4) is 0 Å². The van der Waals surface area contributed by atoms with Crippen LogP contribution in [-0.2, 0) is 14.9 Å². The maximum absolute atomic E-state index is 14.0. The first-order chi connectivity index (χ1) is 13.6. The number of hydrogen-bond acceptors (Lipinski definition) is 3. The van der Waals surface area contributed by atoms with Gasteiger partial charge in [-0.3, -0.25) is 4.79 Å². The summed E-state index contributed by atoms with van der Waals surface area (Å²) < 4.78 is 19.5. The van der Waals surface area contributed by atoms with Crippen molar-refractivity contribution in [1.82, 2.24) is 4.90 Å². The molecule has 5 heteroatoms. The Morgan fingerprint density at radius 3 is 2.54 bits per heavy atom. The van der Waals surface area contributed by atoms with Gasteiger partial charge in [0.15, 0.2) is 0 Å². The van der Waals surface area contributed by atoms with Crippen molar-refractivity contribution in [1.29, 1.82) is 0 Å². The van der Waals surface area contributed by atoms with Crippen LogP contribution in [0.15, 0.2) is 54.6 Å². The lowest BCUT2D eigenvalue weighted by atomic mass is 9.73. The van der Waals surface area contributed by atoms with Crippen molar-refractivity contribution in [3.63, 3.8) is 0 Å². The fourth-order valence-electron chi connectivity index (χ4n) is 4.79. The van der Waals surface area contributed by atoms with Crippen molar-refractivity contribution >= 4 is 5.91 Å². The number of nitrogens with two attached hydrogens (primary N) is 1. The SMILES string of the molecule is NC[C@@H]1CN(C(=O)C2(c3cccc(F)c3)CCOCC2)C[C@H]1c1ccccc1. The zero-order chi connectivity index (χ0) is 19.6. The second-order valence-electron chi connectivity index (χ2n) is 7.93. The summed E-state index contributed by atoms with van der Waals surface area (Å²) in [7, 11) is 0. The maximum Gasteiger partial charge on any atom is 0.233 e. The number of hydrogen-bond donors (Lipinski definition) is 1. The summed E-state index contributed by atoms with van der Waals surface area (Å²) in [6.45, 7) is 2.87. The minimum absolute atomic E-state index is 0.0817. The van der Waals surface area contributed by atoms with Gasteiger partial charge in [0.1, 0.15) is 5.82 Å². The van der Waals surface area contributed by atoms with E-state index < -0.39 is 5.41 Å². The summed E-state index contributed by atoms with van der Waals surface area (Å²) in [5.41, 5.74) is 7.32. The highest BCUT2D eigenvalue weighted by Gasteiger charge is 2.47. The van der Waals surface area contributed by atoms with Crippen LogP contribution in [0.5, 0.6) is 0 Å². The zero-order valence-corrected chi connectivity index (χ0v) is 16.0. The van der Waals surface area contributed by atoms with Crippen molar-refractivity contribution in [3.8, 4) is 0 Å². The Hall–Kier alpha value is -2.24. The van der Waals surface area contributed by atoms with Gasteiger partial charge in [0.2, 0.25) is 5.91 Å². The number of carbonyl (C=O) groups excluding carboxylic acids is 1. The molecule has 2 N–H and O–H groups in total. The van der Waals surface area contributed by atoms with Gasteiger partial charge in [-0.05, 0) is 48.6 Å². The Balaban J connectivity index is 1.64. The number of amides is 1. The number of rotatable bonds is 4. The van der Waals surface area contributed by atoms with E-state index in [1.165, 1.54) is 17.7 Å². The third-order valence-corrected chi connectivity index (χ3v) is 6.39. The van der Waals surface area contributed by atoms with E-state index in [4.69, 9.17) is 10.5 Å². The molecule has 148 valence electrons. The van der Waals surface area contributed by atoms with Gasteiger partial charge in [-0.25, -0.2) is 4.39 Å². The van der Waals surface area contributed by atoms with E-state index in [0.717, 1.165) is 5.56 Å². The highest BCUT2D eigenvalue weighted by Crippen LogP contribution is 2.40. The van der Waals surface area contributed by atoms with Crippen molar-refractivity contribution in [3.05, 3.63) is 71.5 Å². The third kappa shape index (κ3) is 3.45. The predicted octanol–water partition coefficient (Wildman–Crippen LogP) is 3.07. The summed E-state index contributed by atoms with van der Waals surface area (Å²) in [6.07, 6.45) is 1.16. The monoisotopic (exact) mass is 382 g/mol. The van der Waals surface area contributed by atoms with Crippen LogP contribution >= 0.6 is 0 Å². The Morgan fingerprint density at radius 1 is 1.11 bits per heavy atom. The van der Waals surface area contributed by atoms with Gasteiger partial charge in [-0.2, -0.15) is 0 Å². The number of nitrogens with zero attached hydrogens (tertiary/aromatic N) is 1. The minimum atomic E-state index is -0.717. The molecular weight excluding hydrogens is 355 g/mol. The van der Waals surface area contributed by atoms with Gasteiger partial charge < -0.3 is 15.4 Å². The normalized spacial score (nSPS) is 24.3. The van der Waals surface area contributed by atoms with E-state index in [1.54, 1.807) is 6.07 Å². The largest absolute Gasteiger partial charge is 0.381 e. The molecule has 0 unspecified atom stereocenters. The average molecular weight is 382 g/mol. The molecule has 28 heavy (non-hydrogen) atoms. The Labute approximate surface area is 165 Å². The number of halogens is 1. The lowest BCUT2D eigenvalue weighted by Gasteiger charge is -2.39. The van der Waals surface area contributed by atoms with E-state index in [1.807, 2.05) is 29.2 Å². The minimum Gasteiger partial charge on any atom is -0.381 e. The molecule has 2 saturated heterocycles. The maximum atomic E-state index is 14.0. The van der Waals surface area contributed by atoms with Crippen molar-refractivity contribution < 1.29 is 13.9 Å². The van der Waals surface area contributed by atoms with Crippen LogP contribution < -0.4 is 5.73 Å². The quantitative estimate of drug-likeness (QED) is 0.884. The zero-order valence-electron chi connectivity index (χ0n) is 16.0. The molecule has 2 aromatic rings. The molecule has 1 amide bonds. The second-order valence-corrected chi connectivity index (χ2v) is 7.93. The number of likely N-dealkylation sites (tertiary alicyclic amines) is 1. The van der Waals surface area contributed by atoms with Crippen LogP contribution in [0.2, 0.25) is 0 Å². The molecule has 0 spiro atoms. The fraction of sp³-hybridized carbons (Fsp3) is 0.435. The standard InChI is InChI=1S/C23H27FN2O2/c24-20-8-4-7-19(13-20)23(9-11-28-12-10-23)22(27)26-15-18(14-25)21(16-26)17-5-2-1-3-6-17/h1-8,13,18,21H,9-12,14-16,25H2/t18-,21+/m1/s1. The smallest absolute Gasteiger partial charge is 0.233 e. The van der Waals surface area contributed by atoms with Crippen molar-refractivity contribution in [2.45, 2.75) is 24.2 Å². The summed E-state index contributed by atoms with van der Waals surface area (Å²) >= 11 is 0. The summed E-state index contributed by atoms with van der Waals surface area (Å²) in [5, 5.41) is 0. The molecule has 2 aromatic carbocycles. The van der Waals surface area contributed by atoms with Gasteiger partial charge in [0.05, 0.1) is 5.41 Å². The molecule has 4 rings (SSSR count). The first-order valence-corrected chi connectivity index (χ1v) is 10.0. The molecule has 0 aliphatic carbocycles. The number of ether oxygens (including phenoxy) is 1. The number of carbonyl (C=O) groups is 1. The molecule has 0 radical (unpaired) electrons. The molecule has 4 nitrogen and oxygen atoms in total. The molecule has 0 aromatic heterocycles. The van der Waals surface area contributed by atoms with Crippen LogP contribution in [0.1, 0.15) is 29.9 Å². The van der Waals surface area contributed by atoms with Crippen molar-refractivity contribution in [2.24, 2.45) is 11.7 Å². The van der Waals surface area contributed by atoms with Gasteiger partial charge in [-0.15, -0.1) is 0 Å². The van der Waals surface area contributed by atoms with Crippen LogP contribution in [-0.4, -0.2) is 43.7 Å². The first kappa shape index (κ1) is 19.1. The fourth-order valence-corrected chi connectivity index (χ4v) is 4.79. The number of benzene rings is 2. The van der Waals surface area contributed by atoms with E-state index in [0.29, 0.717) is 45.7 Å². The first-order valence-electron chi connectivity index (χ1n) is 10.0. The van der Waals surface area contributed by atoms with Gasteiger partial charge in [0.25, 0.3) is 0 Å². The van der Waals surface area contributed by atoms with E-state index >= 15 is 0 Å². The molecule has 0 saturated carbocycles. The van der Waals surface area contributed by atoms with E-state index in [9.17, 15) is 9.18 Å². The van der Waals surface area contributed by atoms with Crippen molar-refractivity contribution in [2.75, 3.05) is 32.8 Å². The van der Waals surface area contributed by atoms with E-state index in [2.05, 4.69) is 12.1 Å². The molecule has 2 aliphatic rings. The van der Waals surface area contributed by atoms with Crippen LogP contribution in [0.4, 0.5) is 4.39 Å².